The van der Waals surface area contributed by atoms with Crippen LogP contribution in [0.5, 0.6) is 0 Å². The van der Waals surface area contributed by atoms with Gasteiger partial charge in [-0.1, -0.05) is 34.1 Å². The second-order valence-corrected chi connectivity index (χ2v) is 10.8. The van der Waals surface area contributed by atoms with E-state index in [1.54, 1.807) is 0 Å². The van der Waals surface area contributed by atoms with Crippen molar-refractivity contribution in [1.29, 1.82) is 0 Å². The van der Waals surface area contributed by atoms with Crippen LogP contribution in [0.25, 0.3) is 0 Å². The smallest absolute Gasteiger partial charge is 0.192 e. The predicted octanol–water partition coefficient (Wildman–Crippen LogP) is 3.52. The SMILES string of the molecule is CCC[C@@H](N)[C@H](C)O[Si](C)(C)C(C)(C)C. The number of hydrogen-bond donors (Lipinski definition) is 1. The van der Waals surface area contributed by atoms with Crippen LogP contribution in [0.2, 0.25) is 18.1 Å². The second-order valence-electron chi connectivity index (χ2n) is 6.04. The highest BCUT2D eigenvalue weighted by Gasteiger charge is 2.39. The molecule has 0 saturated carbocycles. The van der Waals surface area contributed by atoms with Gasteiger partial charge in [0.2, 0.25) is 0 Å². The van der Waals surface area contributed by atoms with Gasteiger partial charge < -0.3 is 10.2 Å². The Labute approximate surface area is 96.7 Å². The zero-order valence-electron chi connectivity index (χ0n) is 11.6. The van der Waals surface area contributed by atoms with Crippen molar-refractivity contribution in [3.63, 3.8) is 0 Å². The summed E-state index contributed by atoms with van der Waals surface area (Å²) >= 11 is 0. The molecule has 0 aliphatic carbocycles. The molecule has 0 aromatic heterocycles. The molecule has 0 aromatic carbocycles. The maximum Gasteiger partial charge on any atom is 0.192 e. The van der Waals surface area contributed by atoms with Gasteiger partial charge in [-0.2, -0.15) is 0 Å². The van der Waals surface area contributed by atoms with Crippen LogP contribution < -0.4 is 5.73 Å². The highest BCUT2D eigenvalue weighted by Crippen LogP contribution is 2.37. The van der Waals surface area contributed by atoms with Gasteiger partial charge in [-0.15, -0.1) is 0 Å². The number of hydrogen-bond acceptors (Lipinski definition) is 2. The molecule has 2 N–H and O–H groups in total. The zero-order valence-corrected chi connectivity index (χ0v) is 12.6. The van der Waals surface area contributed by atoms with Crippen LogP contribution in [-0.4, -0.2) is 20.5 Å². The summed E-state index contributed by atoms with van der Waals surface area (Å²) in [5.74, 6) is 0. The molecule has 0 aliphatic heterocycles. The molecule has 0 saturated heterocycles. The molecule has 0 unspecified atom stereocenters. The van der Waals surface area contributed by atoms with Crippen molar-refractivity contribution >= 4 is 8.32 Å². The van der Waals surface area contributed by atoms with Gasteiger partial charge >= 0.3 is 0 Å². The fraction of sp³-hybridized carbons (Fsp3) is 1.00. The minimum Gasteiger partial charge on any atom is -0.413 e. The Morgan fingerprint density at radius 3 is 2.07 bits per heavy atom. The highest BCUT2D eigenvalue weighted by molar-refractivity contribution is 6.74. The van der Waals surface area contributed by atoms with Gasteiger partial charge in [-0.25, -0.2) is 0 Å². The topological polar surface area (TPSA) is 35.2 Å². The molecule has 2 atom stereocenters. The van der Waals surface area contributed by atoms with Gasteiger partial charge in [0.1, 0.15) is 0 Å². The van der Waals surface area contributed by atoms with Crippen molar-refractivity contribution in [2.45, 2.75) is 77.7 Å². The Hall–Kier alpha value is 0.137. The summed E-state index contributed by atoms with van der Waals surface area (Å²) in [6, 6.07) is 0.184. The van der Waals surface area contributed by atoms with E-state index in [1.807, 2.05) is 0 Å². The largest absolute Gasteiger partial charge is 0.413 e. The first-order valence-corrected chi connectivity index (χ1v) is 8.96. The molecule has 3 heteroatoms. The van der Waals surface area contributed by atoms with E-state index in [1.165, 1.54) is 0 Å². The quantitative estimate of drug-likeness (QED) is 0.735. The minimum absolute atomic E-state index is 0.184. The first kappa shape index (κ1) is 15.1. The third-order valence-electron chi connectivity index (χ3n) is 3.51. The summed E-state index contributed by atoms with van der Waals surface area (Å²) in [6.45, 7) is 15.6. The standard InChI is InChI=1S/C12H29NOSi/c1-8-9-11(13)10(2)14-15(6,7)12(3,4)5/h10-11H,8-9,13H2,1-7H3/t10-,11+/m0/s1. The third-order valence-corrected chi connectivity index (χ3v) is 8.09. The first-order chi connectivity index (χ1) is 6.62. The lowest BCUT2D eigenvalue weighted by molar-refractivity contribution is 0.165. The Morgan fingerprint density at radius 1 is 1.27 bits per heavy atom. The summed E-state index contributed by atoms with van der Waals surface area (Å²) in [7, 11) is -1.64. The van der Waals surface area contributed by atoms with Crippen LogP contribution in [0.15, 0.2) is 0 Å². The number of nitrogens with two attached hydrogens (primary N) is 1. The Kier molecular flexibility index (Phi) is 5.51. The zero-order chi connectivity index (χ0) is 12.3. The van der Waals surface area contributed by atoms with Crippen LogP contribution in [0.4, 0.5) is 0 Å². The highest BCUT2D eigenvalue weighted by atomic mass is 28.4. The maximum absolute atomic E-state index is 6.23. The molecule has 0 spiro atoms. The average molecular weight is 231 g/mol. The van der Waals surface area contributed by atoms with Crippen molar-refractivity contribution in [1.82, 2.24) is 0 Å². The average Bonchev–Trinajstić information content (AvgIpc) is 2.01. The minimum atomic E-state index is -1.64. The van der Waals surface area contributed by atoms with Crippen LogP contribution in [-0.2, 0) is 4.43 Å². The van der Waals surface area contributed by atoms with Crippen LogP contribution in [0.3, 0.4) is 0 Å². The summed E-state index contributed by atoms with van der Waals surface area (Å²) < 4.78 is 6.23. The van der Waals surface area contributed by atoms with E-state index in [0.717, 1.165) is 12.8 Å². The summed E-state index contributed by atoms with van der Waals surface area (Å²) in [4.78, 5) is 0. The predicted molar refractivity (Wildman–Crippen MR) is 70.6 cm³/mol. The van der Waals surface area contributed by atoms with Crippen LogP contribution >= 0.6 is 0 Å². The van der Waals surface area contributed by atoms with E-state index in [4.69, 9.17) is 10.2 Å². The molecule has 0 rings (SSSR count). The number of rotatable bonds is 5. The molecule has 15 heavy (non-hydrogen) atoms. The summed E-state index contributed by atoms with van der Waals surface area (Å²) in [6.07, 6.45) is 2.37. The lowest BCUT2D eigenvalue weighted by Crippen LogP contribution is -2.48. The normalized spacial score (nSPS) is 17.6. The maximum atomic E-state index is 6.23. The molecular formula is C12H29NOSi. The molecule has 0 heterocycles. The molecule has 0 amide bonds. The van der Waals surface area contributed by atoms with E-state index < -0.39 is 8.32 Å². The Morgan fingerprint density at radius 2 is 1.73 bits per heavy atom. The molecule has 92 valence electrons. The lowest BCUT2D eigenvalue weighted by atomic mass is 10.1. The molecule has 0 aromatic rings. The van der Waals surface area contributed by atoms with Gasteiger partial charge in [0.15, 0.2) is 8.32 Å². The van der Waals surface area contributed by atoms with E-state index in [-0.39, 0.29) is 17.2 Å². The van der Waals surface area contributed by atoms with E-state index in [2.05, 4.69) is 47.7 Å². The van der Waals surface area contributed by atoms with Gasteiger partial charge in [0.25, 0.3) is 0 Å². The third kappa shape index (κ3) is 4.66. The Balaban J connectivity index is 4.33. The fourth-order valence-corrected chi connectivity index (χ4v) is 2.75. The molecule has 0 radical (unpaired) electrons. The summed E-state index contributed by atoms with van der Waals surface area (Å²) in [5, 5.41) is 0.271. The van der Waals surface area contributed by atoms with Crippen molar-refractivity contribution in [2.24, 2.45) is 5.73 Å². The van der Waals surface area contributed by atoms with E-state index in [9.17, 15) is 0 Å². The van der Waals surface area contributed by atoms with Crippen LogP contribution in [0, 0.1) is 0 Å². The fourth-order valence-electron chi connectivity index (χ4n) is 1.30. The van der Waals surface area contributed by atoms with Crippen molar-refractivity contribution < 1.29 is 4.43 Å². The van der Waals surface area contributed by atoms with Gasteiger partial charge in [-0.05, 0) is 31.5 Å². The van der Waals surface area contributed by atoms with E-state index >= 15 is 0 Å². The van der Waals surface area contributed by atoms with Crippen LogP contribution in [0.1, 0.15) is 47.5 Å². The molecular weight excluding hydrogens is 202 g/mol. The van der Waals surface area contributed by atoms with E-state index in [0.29, 0.717) is 0 Å². The first-order valence-electron chi connectivity index (χ1n) is 6.05. The van der Waals surface area contributed by atoms with Gasteiger partial charge in [0.05, 0.1) is 6.10 Å². The van der Waals surface area contributed by atoms with Crippen molar-refractivity contribution in [3.8, 4) is 0 Å². The molecule has 2 nitrogen and oxygen atoms in total. The molecule has 0 bridgehead atoms. The summed E-state index contributed by atoms with van der Waals surface area (Å²) in [5.41, 5.74) is 6.08. The second kappa shape index (κ2) is 5.46. The van der Waals surface area contributed by atoms with Crippen molar-refractivity contribution in [2.75, 3.05) is 0 Å². The lowest BCUT2D eigenvalue weighted by Gasteiger charge is -2.39. The van der Waals surface area contributed by atoms with Crippen molar-refractivity contribution in [3.05, 3.63) is 0 Å². The molecule has 0 aliphatic rings. The van der Waals surface area contributed by atoms with Gasteiger partial charge in [0, 0.05) is 6.04 Å². The Bertz CT molecular complexity index is 187. The molecule has 0 fully saturated rings. The monoisotopic (exact) mass is 231 g/mol. The van der Waals surface area contributed by atoms with Gasteiger partial charge in [-0.3, -0.25) is 0 Å².